The molecular formula is C32H37F2I2N7O8S. The summed E-state index contributed by atoms with van der Waals surface area (Å²) in [6.45, 7) is 9.75. The van der Waals surface area contributed by atoms with Crippen LogP contribution < -0.4 is 15.4 Å². The van der Waals surface area contributed by atoms with Gasteiger partial charge >= 0.3 is 12.2 Å². The number of nitrogens with zero attached hydrogens (tertiary/aromatic N) is 4. The summed E-state index contributed by atoms with van der Waals surface area (Å²) in [6.07, 6.45) is -1.48. The minimum Gasteiger partial charge on any atom is -0.444 e. The maximum atomic E-state index is 13.9. The maximum Gasteiger partial charge on any atom is 0.408 e. The maximum absolute atomic E-state index is 13.9. The highest BCUT2D eigenvalue weighted by Gasteiger charge is 2.28. The van der Waals surface area contributed by atoms with E-state index in [4.69, 9.17) is 15.0 Å². The van der Waals surface area contributed by atoms with Gasteiger partial charge in [0.1, 0.15) is 22.8 Å². The summed E-state index contributed by atoms with van der Waals surface area (Å²) in [5.74, 6) is -0.992. The van der Waals surface area contributed by atoms with E-state index in [9.17, 15) is 36.9 Å². The number of amides is 2. The number of rotatable bonds is 11. The molecular weight excluding hydrogens is 934 g/mol. The molecule has 0 bridgehead atoms. The molecule has 15 nitrogen and oxygen atoms in total. The van der Waals surface area contributed by atoms with E-state index >= 15 is 0 Å². The number of ether oxygens (including phenoxy) is 2. The molecule has 0 aliphatic heterocycles. The predicted octanol–water partition coefficient (Wildman–Crippen LogP) is 8.19. The van der Waals surface area contributed by atoms with Gasteiger partial charge in [-0.25, -0.2) is 31.5 Å². The molecule has 0 saturated heterocycles. The molecule has 3 aromatic rings. The average molecular weight is 972 g/mol. The zero-order chi connectivity index (χ0) is 39.4. The highest BCUT2D eigenvalue weighted by Crippen LogP contribution is 2.25. The second-order valence-corrected chi connectivity index (χ2v) is 17.0. The fourth-order valence-electron chi connectivity index (χ4n) is 4.16. The molecule has 0 spiro atoms. The molecule has 20 heteroatoms. The Bertz CT molecular complexity index is 1880. The minimum atomic E-state index is -4.31. The molecule has 0 heterocycles. The van der Waals surface area contributed by atoms with Gasteiger partial charge in [0.05, 0.1) is 23.6 Å². The molecule has 0 fully saturated rings. The molecule has 2 atom stereocenters. The summed E-state index contributed by atoms with van der Waals surface area (Å²) in [4.78, 5) is 36.6. The average Bonchev–Trinajstić information content (AvgIpc) is 2.99. The van der Waals surface area contributed by atoms with Gasteiger partial charge in [-0.05, 0) is 146 Å². The van der Waals surface area contributed by atoms with Gasteiger partial charge in [-0.1, -0.05) is 17.2 Å². The van der Waals surface area contributed by atoms with Gasteiger partial charge in [0.25, 0.3) is 5.69 Å². The molecule has 0 aliphatic carbocycles. The first-order valence-electron chi connectivity index (χ1n) is 15.1. The van der Waals surface area contributed by atoms with Gasteiger partial charge < -0.3 is 20.1 Å². The van der Waals surface area contributed by atoms with Crippen molar-refractivity contribution in [1.82, 2.24) is 15.4 Å². The number of hydrogen-bond acceptors (Lipinski definition) is 9. The van der Waals surface area contributed by atoms with Gasteiger partial charge in [0, 0.05) is 24.7 Å². The highest BCUT2D eigenvalue weighted by molar-refractivity contribution is 14.1. The van der Waals surface area contributed by atoms with E-state index in [0.29, 0.717) is 18.3 Å². The zero-order valence-corrected chi connectivity index (χ0v) is 33.9. The molecule has 3 rings (SSSR count). The number of nitro groups is 1. The van der Waals surface area contributed by atoms with Gasteiger partial charge in [-0.15, -0.1) is 0 Å². The van der Waals surface area contributed by atoms with Crippen LogP contribution in [0, 0.1) is 28.9 Å². The first kappa shape index (κ1) is 44.3. The highest BCUT2D eigenvalue weighted by atomic mass is 127. The van der Waals surface area contributed by atoms with Gasteiger partial charge in [-0.2, -0.15) is 0 Å². The summed E-state index contributed by atoms with van der Waals surface area (Å²) in [5.41, 5.74) is 7.18. The van der Waals surface area contributed by atoms with Crippen LogP contribution in [0.3, 0.4) is 0 Å². The molecule has 282 valence electrons. The lowest BCUT2D eigenvalue weighted by Crippen LogP contribution is -2.40. The number of nitrogens with one attached hydrogen (secondary N) is 3. The van der Waals surface area contributed by atoms with Gasteiger partial charge in [0.15, 0.2) is 4.90 Å². The normalized spacial score (nSPS) is 12.6. The van der Waals surface area contributed by atoms with Crippen molar-refractivity contribution in [2.75, 3.05) is 13.1 Å². The van der Waals surface area contributed by atoms with Gasteiger partial charge in [-0.3, -0.25) is 10.1 Å². The molecule has 2 amide bonds. The number of nitro benzene ring substituents is 1. The molecule has 0 aliphatic rings. The number of benzene rings is 3. The van der Waals surface area contributed by atoms with Crippen LogP contribution in [-0.2, 0) is 19.5 Å². The number of azide groups is 1. The van der Waals surface area contributed by atoms with Crippen LogP contribution in [0.25, 0.3) is 10.4 Å². The Balaban J connectivity index is 0.000000389. The zero-order valence-electron chi connectivity index (χ0n) is 28.8. The first-order chi connectivity index (χ1) is 24.0. The smallest absolute Gasteiger partial charge is 0.408 e. The number of sulfonamides is 1. The first-order valence-corrected chi connectivity index (χ1v) is 18.8. The lowest BCUT2D eigenvalue weighted by Gasteiger charge is -2.24. The van der Waals surface area contributed by atoms with E-state index in [0.717, 1.165) is 18.2 Å². The Morgan fingerprint density at radius 1 is 0.885 bits per heavy atom. The monoisotopic (exact) mass is 971 g/mol. The van der Waals surface area contributed by atoms with Crippen molar-refractivity contribution >= 4 is 73.1 Å². The summed E-state index contributed by atoms with van der Waals surface area (Å²) in [7, 11) is -4.31. The van der Waals surface area contributed by atoms with Crippen LogP contribution in [0.1, 0.15) is 64.8 Å². The fraction of sp³-hybridized carbons (Fsp3) is 0.375. The predicted molar refractivity (Wildman–Crippen MR) is 205 cm³/mol. The molecule has 0 saturated carbocycles. The molecule has 3 N–H and O–H groups in total. The van der Waals surface area contributed by atoms with E-state index in [1.165, 1.54) is 30.3 Å². The quantitative estimate of drug-likeness (QED) is 0.0424. The van der Waals surface area contributed by atoms with E-state index in [2.05, 4.69) is 25.4 Å². The van der Waals surface area contributed by atoms with E-state index < -0.39 is 79.2 Å². The summed E-state index contributed by atoms with van der Waals surface area (Å²) in [5, 5.41) is 19.7. The standard InChI is InChI=1S/C19H21FIN3O6S.C13H16FIN4O2/c1-19(2,3)30-18(25)23-15(12-8-13(20)10-14(21)9-12)11-22-31(28,29)17-7-5-4-6-16(17)24(26)27;1-13(2,3)21-12(20)18-11(7-17-19-16)8-4-9(14)6-10(15)5-8/h4-10,15,22H,11H2,1-3H3,(H,23,25);4-6,11H,7H2,1-3H3,(H,18,20)/t15-;11-/m11/s1. The molecule has 0 unspecified atom stereocenters. The molecule has 3 aromatic carbocycles. The van der Waals surface area contributed by atoms with E-state index in [1.54, 1.807) is 53.7 Å². The number of carbonyl (C=O) groups excluding carboxylic acids is 2. The van der Waals surface area contributed by atoms with Crippen molar-refractivity contribution in [3.8, 4) is 0 Å². The molecule has 0 radical (unpaired) electrons. The van der Waals surface area contributed by atoms with Crippen LogP contribution in [0.15, 0.2) is 70.7 Å². The van der Waals surface area contributed by atoms with Crippen LogP contribution in [-0.4, -0.2) is 49.8 Å². The Kier molecular flexibility index (Phi) is 16.4. The van der Waals surface area contributed by atoms with Crippen molar-refractivity contribution in [2.24, 2.45) is 5.11 Å². The lowest BCUT2D eigenvalue weighted by molar-refractivity contribution is -0.387. The Morgan fingerprint density at radius 2 is 1.35 bits per heavy atom. The minimum absolute atomic E-state index is 0.0325. The topological polar surface area (TPSA) is 215 Å². The third-order valence-corrected chi connectivity index (χ3v) is 8.83. The summed E-state index contributed by atoms with van der Waals surface area (Å²) >= 11 is 3.86. The summed E-state index contributed by atoms with van der Waals surface area (Å²) < 4.78 is 66.6. The number of halogens is 4. The third kappa shape index (κ3) is 15.8. The van der Waals surface area contributed by atoms with Crippen molar-refractivity contribution in [1.29, 1.82) is 0 Å². The number of para-hydroxylation sites is 1. The lowest BCUT2D eigenvalue weighted by atomic mass is 10.1. The van der Waals surface area contributed by atoms with Crippen molar-refractivity contribution < 1.29 is 41.2 Å². The number of alkyl carbamates (subject to hydrolysis) is 2. The second-order valence-electron chi connectivity index (χ2n) is 12.8. The van der Waals surface area contributed by atoms with E-state index in [-0.39, 0.29) is 6.54 Å². The van der Waals surface area contributed by atoms with Crippen LogP contribution in [0.5, 0.6) is 0 Å². The largest absolute Gasteiger partial charge is 0.444 e. The van der Waals surface area contributed by atoms with Crippen molar-refractivity contribution in [2.45, 2.75) is 69.7 Å². The molecule has 52 heavy (non-hydrogen) atoms. The van der Waals surface area contributed by atoms with Gasteiger partial charge in [0.2, 0.25) is 10.0 Å². The Morgan fingerprint density at radius 3 is 1.79 bits per heavy atom. The Labute approximate surface area is 326 Å². The SMILES string of the molecule is CC(C)(C)OC(=O)N[C@H](CN=[N+]=[N-])c1cc(F)cc(I)c1.CC(C)(C)OC(=O)N[C@H](CNS(=O)(=O)c1ccccc1[N+](=O)[O-])c1cc(F)cc(I)c1. The van der Waals surface area contributed by atoms with E-state index in [1.807, 2.05) is 45.2 Å². The Hall–Kier alpha value is -3.86. The third-order valence-electron chi connectivity index (χ3n) is 6.11. The van der Waals surface area contributed by atoms with Crippen molar-refractivity contribution in [3.63, 3.8) is 0 Å². The second kappa shape index (κ2) is 19.3. The van der Waals surface area contributed by atoms with Crippen LogP contribution in [0.4, 0.5) is 24.1 Å². The van der Waals surface area contributed by atoms with Crippen LogP contribution in [0.2, 0.25) is 0 Å². The van der Waals surface area contributed by atoms with Crippen molar-refractivity contribution in [3.05, 3.63) is 111 Å². The number of hydrogen-bond donors (Lipinski definition) is 3. The molecule has 0 aromatic heterocycles. The van der Waals surface area contributed by atoms with Crippen LogP contribution >= 0.6 is 45.2 Å². The fourth-order valence-corrected chi connectivity index (χ4v) is 6.69. The number of carbonyl (C=O) groups is 2. The summed E-state index contributed by atoms with van der Waals surface area (Å²) in [6, 6.07) is 11.6.